The number of aromatic nitrogens is 2. The normalized spacial score (nSPS) is 16.5. The van der Waals surface area contributed by atoms with Gasteiger partial charge in [-0.2, -0.15) is 0 Å². The second-order valence-electron chi connectivity index (χ2n) is 12.3. The minimum absolute atomic E-state index is 0.534. The van der Waals surface area contributed by atoms with Crippen molar-refractivity contribution in [2.75, 3.05) is 4.90 Å². The number of hydrogen-bond donors (Lipinski definition) is 0. The SMILES string of the molecule is c1ccc(N2c3ccccc3Oc3ccc4c(c32)-c2ccccc2C42c3ccccc3-n3c4ccccc4c4cccc2c43)nc1. The van der Waals surface area contributed by atoms with Crippen LogP contribution in [0, 0.1) is 0 Å². The standard InChI is InChI=1S/C42H25N3O/c1-3-15-29-28(13-1)39-31(23-24-37-41(39)45(38-22-9-10-25-43-38)35-20-7-8-21-36(35)46-37)42(29)30-16-4-6-19-34(30)44-33-18-5-2-12-26(33)27-14-11-17-32(42)40(27)44/h1-25H. The van der Waals surface area contributed by atoms with E-state index in [0.717, 1.165) is 28.7 Å². The predicted octanol–water partition coefficient (Wildman–Crippen LogP) is 10.4. The van der Waals surface area contributed by atoms with Crippen molar-refractivity contribution in [2.24, 2.45) is 0 Å². The first kappa shape index (κ1) is 24.2. The summed E-state index contributed by atoms with van der Waals surface area (Å²) in [5.74, 6) is 2.50. The highest BCUT2D eigenvalue weighted by atomic mass is 16.5. The molecule has 46 heavy (non-hydrogen) atoms. The summed E-state index contributed by atoms with van der Waals surface area (Å²) in [6, 6.07) is 52.4. The van der Waals surface area contributed by atoms with Gasteiger partial charge in [0.1, 0.15) is 5.82 Å². The van der Waals surface area contributed by atoms with Crippen LogP contribution in [0.25, 0.3) is 38.6 Å². The summed E-state index contributed by atoms with van der Waals surface area (Å²) < 4.78 is 9.18. The van der Waals surface area contributed by atoms with Crippen molar-refractivity contribution >= 4 is 39.0 Å². The van der Waals surface area contributed by atoms with Crippen molar-refractivity contribution in [2.45, 2.75) is 5.41 Å². The first-order valence-corrected chi connectivity index (χ1v) is 15.7. The molecule has 6 aromatic carbocycles. The van der Waals surface area contributed by atoms with E-state index in [4.69, 9.17) is 9.72 Å². The zero-order valence-electron chi connectivity index (χ0n) is 24.7. The maximum atomic E-state index is 6.69. The smallest absolute Gasteiger partial charge is 0.152 e. The van der Waals surface area contributed by atoms with Crippen molar-refractivity contribution in [3.05, 3.63) is 174 Å². The molecule has 214 valence electrons. The van der Waals surface area contributed by atoms with E-state index in [1.807, 2.05) is 24.4 Å². The van der Waals surface area contributed by atoms with Crippen LogP contribution in [0.2, 0.25) is 0 Å². The number of nitrogens with zero attached hydrogens (tertiary/aromatic N) is 3. The Kier molecular flexibility index (Phi) is 4.49. The van der Waals surface area contributed by atoms with Gasteiger partial charge < -0.3 is 9.30 Å². The number of hydrogen-bond acceptors (Lipinski definition) is 3. The lowest BCUT2D eigenvalue weighted by molar-refractivity contribution is 0.476. The Morgan fingerprint density at radius 3 is 2.17 bits per heavy atom. The summed E-state index contributed by atoms with van der Waals surface area (Å²) in [6.45, 7) is 0. The third-order valence-corrected chi connectivity index (χ3v) is 10.2. The average Bonchev–Trinajstić information content (AvgIpc) is 3.62. The number of fused-ring (bicyclic) bond motifs is 15. The van der Waals surface area contributed by atoms with Gasteiger partial charge in [0.25, 0.3) is 0 Å². The van der Waals surface area contributed by atoms with Gasteiger partial charge in [-0.25, -0.2) is 4.98 Å². The van der Waals surface area contributed by atoms with Crippen molar-refractivity contribution in [3.8, 4) is 28.3 Å². The Hall–Kier alpha value is -6.13. The molecular weight excluding hydrogens is 562 g/mol. The molecule has 0 saturated carbocycles. The summed E-state index contributed by atoms with van der Waals surface area (Å²) in [7, 11) is 0. The molecule has 4 nitrogen and oxygen atoms in total. The van der Waals surface area contributed by atoms with E-state index in [1.165, 1.54) is 60.9 Å². The average molecular weight is 588 g/mol. The van der Waals surface area contributed by atoms with Crippen LogP contribution in [0.4, 0.5) is 17.2 Å². The number of anilines is 3. The van der Waals surface area contributed by atoms with Crippen LogP contribution < -0.4 is 9.64 Å². The highest BCUT2D eigenvalue weighted by Crippen LogP contribution is 2.65. The molecule has 0 radical (unpaired) electrons. The van der Waals surface area contributed by atoms with E-state index in [0.29, 0.717) is 0 Å². The van der Waals surface area contributed by atoms with E-state index in [2.05, 4.69) is 137 Å². The largest absolute Gasteiger partial charge is 0.453 e. The van der Waals surface area contributed by atoms with Crippen molar-refractivity contribution < 1.29 is 4.74 Å². The molecule has 0 bridgehead atoms. The summed E-state index contributed by atoms with van der Waals surface area (Å²) in [5, 5.41) is 2.55. The van der Waals surface area contributed by atoms with Gasteiger partial charge in [0.15, 0.2) is 11.5 Å². The molecule has 4 heterocycles. The quantitative estimate of drug-likeness (QED) is 0.191. The Morgan fingerprint density at radius 1 is 0.522 bits per heavy atom. The molecule has 0 N–H and O–H groups in total. The molecule has 1 unspecified atom stereocenters. The molecule has 2 aromatic heterocycles. The fourth-order valence-corrected chi connectivity index (χ4v) is 8.61. The molecular formula is C42H25N3O. The van der Waals surface area contributed by atoms with Gasteiger partial charge in [0.05, 0.1) is 33.5 Å². The molecule has 8 aromatic rings. The summed E-state index contributed by atoms with van der Waals surface area (Å²) >= 11 is 0. The summed E-state index contributed by atoms with van der Waals surface area (Å²) in [5.41, 5.74) is 12.7. The molecule has 0 fully saturated rings. The van der Waals surface area contributed by atoms with Crippen molar-refractivity contribution in [3.63, 3.8) is 0 Å². The first-order valence-electron chi connectivity index (χ1n) is 15.7. The number of para-hydroxylation sites is 5. The van der Waals surface area contributed by atoms with Gasteiger partial charge >= 0.3 is 0 Å². The molecule has 11 rings (SSSR count). The van der Waals surface area contributed by atoms with E-state index in [1.54, 1.807) is 0 Å². The van der Waals surface area contributed by atoms with Crippen LogP contribution in [0.15, 0.2) is 152 Å². The molecule has 1 atom stereocenters. The lowest BCUT2D eigenvalue weighted by Gasteiger charge is -2.40. The van der Waals surface area contributed by atoms with Crippen LogP contribution in [0.3, 0.4) is 0 Å². The molecule has 3 aliphatic rings. The monoisotopic (exact) mass is 587 g/mol. The lowest BCUT2D eigenvalue weighted by atomic mass is 9.65. The second kappa shape index (κ2) is 8.52. The van der Waals surface area contributed by atoms with E-state index in [-0.39, 0.29) is 0 Å². The molecule has 2 aliphatic heterocycles. The van der Waals surface area contributed by atoms with Gasteiger partial charge in [-0.3, -0.25) is 4.90 Å². The number of pyridine rings is 1. The lowest BCUT2D eigenvalue weighted by Crippen LogP contribution is -2.33. The Morgan fingerprint density at radius 2 is 1.26 bits per heavy atom. The fraction of sp³-hybridized carbons (Fsp3) is 0.0238. The van der Waals surface area contributed by atoms with Gasteiger partial charge in [-0.15, -0.1) is 0 Å². The zero-order valence-corrected chi connectivity index (χ0v) is 24.7. The van der Waals surface area contributed by atoms with Crippen LogP contribution in [0.1, 0.15) is 22.3 Å². The highest BCUT2D eigenvalue weighted by molar-refractivity contribution is 6.13. The number of benzene rings is 6. The van der Waals surface area contributed by atoms with Gasteiger partial charge in [-0.05, 0) is 70.3 Å². The van der Waals surface area contributed by atoms with E-state index in [9.17, 15) is 0 Å². The Balaban J connectivity index is 1.33. The Labute approximate surface area is 265 Å². The fourth-order valence-electron chi connectivity index (χ4n) is 8.61. The summed E-state index contributed by atoms with van der Waals surface area (Å²) in [4.78, 5) is 7.16. The summed E-state index contributed by atoms with van der Waals surface area (Å²) in [6.07, 6.45) is 1.86. The predicted molar refractivity (Wildman–Crippen MR) is 184 cm³/mol. The van der Waals surface area contributed by atoms with Gasteiger partial charge in [-0.1, -0.05) is 103 Å². The minimum Gasteiger partial charge on any atom is -0.453 e. The zero-order chi connectivity index (χ0) is 30.0. The van der Waals surface area contributed by atoms with Crippen LogP contribution in [-0.2, 0) is 5.41 Å². The van der Waals surface area contributed by atoms with Gasteiger partial charge in [0.2, 0.25) is 0 Å². The third-order valence-electron chi connectivity index (χ3n) is 10.2. The highest BCUT2D eigenvalue weighted by Gasteiger charge is 2.52. The van der Waals surface area contributed by atoms with Gasteiger partial charge in [0, 0.05) is 22.5 Å². The number of ether oxygens (including phenoxy) is 1. The number of rotatable bonds is 1. The van der Waals surface area contributed by atoms with Crippen LogP contribution >= 0.6 is 0 Å². The van der Waals surface area contributed by atoms with Crippen molar-refractivity contribution in [1.29, 1.82) is 0 Å². The van der Waals surface area contributed by atoms with Crippen LogP contribution in [0.5, 0.6) is 11.5 Å². The molecule has 4 heteroatoms. The first-order chi connectivity index (χ1) is 22.9. The van der Waals surface area contributed by atoms with E-state index < -0.39 is 5.41 Å². The third kappa shape index (κ3) is 2.75. The topological polar surface area (TPSA) is 30.3 Å². The van der Waals surface area contributed by atoms with Crippen molar-refractivity contribution in [1.82, 2.24) is 9.55 Å². The maximum Gasteiger partial charge on any atom is 0.152 e. The molecule has 0 amide bonds. The van der Waals surface area contributed by atoms with Crippen LogP contribution in [-0.4, -0.2) is 9.55 Å². The molecule has 1 aliphatic carbocycles. The minimum atomic E-state index is -0.534. The van der Waals surface area contributed by atoms with E-state index >= 15 is 0 Å². The molecule has 1 spiro atoms. The molecule has 0 saturated heterocycles. The maximum absolute atomic E-state index is 6.69. The Bertz CT molecular complexity index is 2580. The second-order valence-corrected chi connectivity index (χ2v) is 12.3.